The number of nitrogens with one attached hydrogen (secondary N) is 1. The summed E-state index contributed by atoms with van der Waals surface area (Å²) in [6.45, 7) is 6.82. The number of hydrogen-bond acceptors (Lipinski definition) is 2. The van der Waals surface area contributed by atoms with Crippen LogP contribution < -0.4 is 5.32 Å². The fraction of sp³-hybridized carbons (Fsp3) is 0.435. The summed E-state index contributed by atoms with van der Waals surface area (Å²) in [6, 6.07) is 14.8. The molecule has 26 heavy (non-hydrogen) atoms. The lowest BCUT2D eigenvalue weighted by molar-refractivity contribution is 0.177. The van der Waals surface area contributed by atoms with Crippen LogP contribution in [0.4, 0.5) is 5.69 Å². The number of allylic oxidation sites excluding steroid dienone is 1. The number of aromatic nitrogens is 1. The molecule has 3 heteroatoms. The van der Waals surface area contributed by atoms with E-state index in [1.54, 1.807) is 0 Å². The van der Waals surface area contributed by atoms with Gasteiger partial charge in [-0.1, -0.05) is 63.1 Å². The van der Waals surface area contributed by atoms with Crippen molar-refractivity contribution in [2.45, 2.75) is 45.4 Å². The molecule has 1 N–H and O–H groups in total. The van der Waals surface area contributed by atoms with E-state index in [9.17, 15) is 5.26 Å². The number of aryl methyl sites for hydroxylation is 1. The van der Waals surface area contributed by atoms with Gasteiger partial charge in [0.15, 0.2) is 0 Å². The lowest BCUT2D eigenvalue weighted by Crippen LogP contribution is -2.35. The highest BCUT2D eigenvalue weighted by molar-refractivity contribution is 5.52. The molecule has 1 aromatic carbocycles. The van der Waals surface area contributed by atoms with Crippen molar-refractivity contribution in [2.24, 2.45) is 18.4 Å². The minimum atomic E-state index is -0.00950. The molecule has 0 bridgehead atoms. The standard InChI is InChI=1S/C23H29N3/c1-18(25-21-14-22(16-24)26(3)17-21)23(2,20-12-8-5-9-13-20)15-19-10-6-4-7-11-19/h4,6-7,10-11,14,17,20,25H,1,5,8-9,12-13,15H2,2-3H3. The van der Waals surface area contributed by atoms with E-state index in [-0.39, 0.29) is 5.41 Å². The molecule has 0 aliphatic heterocycles. The van der Waals surface area contributed by atoms with Gasteiger partial charge >= 0.3 is 0 Å². The van der Waals surface area contributed by atoms with Crippen molar-refractivity contribution in [3.8, 4) is 6.07 Å². The average molecular weight is 348 g/mol. The third-order valence-corrected chi connectivity index (χ3v) is 6.02. The molecule has 0 saturated heterocycles. The van der Waals surface area contributed by atoms with Gasteiger partial charge < -0.3 is 9.88 Å². The number of anilines is 1. The quantitative estimate of drug-likeness (QED) is 0.733. The highest BCUT2D eigenvalue weighted by atomic mass is 15.0. The van der Waals surface area contributed by atoms with Crippen LogP contribution in [0.3, 0.4) is 0 Å². The van der Waals surface area contributed by atoms with Crippen molar-refractivity contribution in [3.63, 3.8) is 0 Å². The van der Waals surface area contributed by atoms with Gasteiger partial charge in [-0.3, -0.25) is 0 Å². The zero-order valence-corrected chi connectivity index (χ0v) is 16.0. The number of nitrogens with zero attached hydrogens (tertiary/aromatic N) is 2. The minimum absolute atomic E-state index is 0.00950. The maximum Gasteiger partial charge on any atom is 0.122 e. The van der Waals surface area contributed by atoms with Crippen LogP contribution in [0, 0.1) is 22.7 Å². The largest absolute Gasteiger partial charge is 0.358 e. The minimum Gasteiger partial charge on any atom is -0.358 e. The first-order valence-corrected chi connectivity index (χ1v) is 9.60. The summed E-state index contributed by atoms with van der Waals surface area (Å²) in [5, 5.41) is 12.7. The van der Waals surface area contributed by atoms with Crippen molar-refractivity contribution >= 4 is 5.69 Å². The molecule has 1 fully saturated rings. The molecular formula is C23H29N3. The van der Waals surface area contributed by atoms with Crippen molar-refractivity contribution in [1.82, 2.24) is 4.57 Å². The first kappa shape index (κ1) is 18.3. The van der Waals surface area contributed by atoms with Gasteiger partial charge in [0.1, 0.15) is 11.8 Å². The van der Waals surface area contributed by atoms with E-state index in [2.05, 4.69) is 55.2 Å². The van der Waals surface area contributed by atoms with E-state index in [1.165, 1.54) is 37.7 Å². The highest BCUT2D eigenvalue weighted by Gasteiger charge is 2.37. The maximum atomic E-state index is 9.20. The molecule has 1 heterocycles. The highest BCUT2D eigenvalue weighted by Crippen LogP contribution is 2.45. The Balaban J connectivity index is 1.85. The predicted molar refractivity (Wildman–Crippen MR) is 108 cm³/mol. The van der Waals surface area contributed by atoms with Gasteiger partial charge in [0, 0.05) is 24.4 Å². The van der Waals surface area contributed by atoms with E-state index < -0.39 is 0 Å². The SMILES string of the molecule is C=C(Nc1cc(C#N)n(C)c1)C(C)(Cc1ccccc1)C1CCCCC1. The van der Waals surface area contributed by atoms with E-state index >= 15 is 0 Å². The van der Waals surface area contributed by atoms with Gasteiger partial charge in [-0.15, -0.1) is 0 Å². The average Bonchev–Trinajstić information content (AvgIpc) is 3.02. The monoisotopic (exact) mass is 347 g/mol. The van der Waals surface area contributed by atoms with Crippen LogP contribution >= 0.6 is 0 Å². The first-order chi connectivity index (χ1) is 12.5. The van der Waals surface area contributed by atoms with Crippen molar-refractivity contribution in [1.29, 1.82) is 5.26 Å². The van der Waals surface area contributed by atoms with Gasteiger partial charge in [-0.25, -0.2) is 0 Å². The van der Waals surface area contributed by atoms with Crippen LogP contribution in [0.2, 0.25) is 0 Å². The van der Waals surface area contributed by atoms with Crippen LogP contribution in [0.1, 0.15) is 50.3 Å². The Kier molecular flexibility index (Phi) is 5.52. The zero-order chi connectivity index (χ0) is 18.6. The van der Waals surface area contributed by atoms with Crippen molar-refractivity contribution in [3.05, 3.63) is 66.1 Å². The summed E-state index contributed by atoms with van der Waals surface area (Å²) in [5.41, 5.74) is 4.01. The summed E-state index contributed by atoms with van der Waals surface area (Å²) >= 11 is 0. The van der Waals surface area contributed by atoms with E-state index in [4.69, 9.17) is 0 Å². The van der Waals surface area contributed by atoms with Crippen LogP contribution in [0.15, 0.2) is 54.9 Å². The maximum absolute atomic E-state index is 9.20. The molecule has 1 saturated carbocycles. The molecule has 3 nitrogen and oxygen atoms in total. The topological polar surface area (TPSA) is 40.8 Å². The van der Waals surface area contributed by atoms with Crippen LogP contribution in [0.25, 0.3) is 0 Å². The molecular weight excluding hydrogens is 318 g/mol. The smallest absolute Gasteiger partial charge is 0.122 e. The Hall–Kier alpha value is -2.47. The van der Waals surface area contributed by atoms with E-state index in [0.717, 1.165) is 17.8 Å². The Bertz CT molecular complexity index is 791. The summed E-state index contributed by atoms with van der Waals surface area (Å²) in [5.74, 6) is 0.635. The molecule has 2 aromatic rings. The third-order valence-electron chi connectivity index (χ3n) is 6.02. The molecule has 1 aliphatic carbocycles. The van der Waals surface area contributed by atoms with Gasteiger partial charge in [-0.2, -0.15) is 5.26 Å². The number of benzene rings is 1. The summed E-state index contributed by atoms with van der Waals surface area (Å²) in [4.78, 5) is 0. The van der Waals surface area contributed by atoms with Crippen molar-refractivity contribution in [2.75, 3.05) is 5.32 Å². The fourth-order valence-electron chi connectivity index (χ4n) is 4.32. The van der Waals surface area contributed by atoms with Crippen molar-refractivity contribution < 1.29 is 0 Å². The number of hydrogen-bond donors (Lipinski definition) is 1. The summed E-state index contributed by atoms with van der Waals surface area (Å²) in [7, 11) is 1.90. The Morgan fingerprint density at radius 2 is 1.96 bits per heavy atom. The lowest BCUT2D eigenvalue weighted by Gasteiger charge is -2.42. The normalized spacial score (nSPS) is 17.3. The van der Waals surface area contributed by atoms with Gasteiger partial charge in [-0.05, 0) is 36.8 Å². The number of rotatable bonds is 6. The summed E-state index contributed by atoms with van der Waals surface area (Å²) < 4.78 is 1.85. The molecule has 136 valence electrons. The van der Waals surface area contributed by atoms with Crippen LogP contribution in [-0.4, -0.2) is 4.57 Å². The van der Waals surface area contributed by atoms with Crippen LogP contribution in [0.5, 0.6) is 0 Å². The Labute approximate surface area is 157 Å². The van der Waals surface area contributed by atoms with Crippen LogP contribution in [-0.2, 0) is 13.5 Å². The first-order valence-electron chi connectivity index (χ1n) is 9.60. The molecule has 1 aromatic heterocycles. The molecule has 1 unspecified atom stereocenters. The molecule has 0 spiro atoms. The molecule has 1 atom stereocenters. The van der Waals surface area contributed by atoms with E-state index in [0.29, 0.717) is 11.6 Å². The number of nitriles is 1. The molecule has 3 rings (SSSR count). The lowest BCUT2D eigenvalue weighted by atomic mass is 9.65. The second kappa shape index (κ2) is 7.83. The molecule has 0 amide bonds. The zero-order valence-electron chi connectivity index (χ0n) is 16.0. The Morgan fingerprint density at radius 3 is 2.58 bits per heavy atom. The fourth-order valence-corrected chi connectivity index (χ4v) is 4.32. The second-order valence-corrected chi connectivity index (χ2v) is 7.86. The van der Waals surface area contributed by atoms with E-state index in [1.807, 2.05) is 23.9 Å². The van der Waals surface area contributed by atoms with Gasteiger partial charge in [0.2, 0.25) is 0 Å². The van der Waals surface area contributed by atoms with Gasteiger partial charge in [0.25, 0.3) is 0 Å². The molecule has 0 radical (unpaired) electrons. The third kappa shape index (κ3) is 3.85. The summed E-state index contributed by atoms with van der Waals surface area (Å²) in [6.07, 6.45) is 9.46. The second-order valence-electron chi connectivity index (χ2n) is 7.86. The Morgan fingerprint density at radius 1 is 1.27 bits per heavy atom. The molecule has 1 aliphatic rings. The predicted octanol–water partition coefficient (Wildman–Crippen LogP) is 5.65. The van der Waals surface area contributed by atoms with Gasteiger partial charge in [0.05, 0.1) is 5.69 Å².